The summed E-state index contributed by atoms with van der Waals surface area (Å²) in [7, 11) is 0. The van der Waals surface area contributed by atoms with Gasteiger partial charge in [0.2, 0.25) is 0 Å². The van der Waals surface area contributed by atoms with Gasteiger partial charge in [-0.15, -0.1) is 0 Å². The van der Waals surface area contributed by atoms with Crippen molar-refractivity contribution in [3.63, 3.8) is 0 Å². The average molecular weight is 407 g/mol. The second-order valence-electron chi connectivity index (χ2n) is 8.23. The molecule has 0 rings (SSSR count). The summed E-state index contributed by atoms with van der Waals surface area (Å²) in [5.41, 5.74) is 0. The van der Waals surface area contributed by atoms with Crippen LogP contribution in [-0.4, -0.2) is 40.5 Å². The molecule has 168 valence electrons. The first kappa shape index (κ1) is 27.5. The Bertz CT molecular complexity index is 334. The van der Waals surface area contributed by atoms with Crippen LogP contribution < -0.4 is 0 Å². The molecular weight excluding hydrogens is 362 g/mol. The number of halogens is 2. The van der Waals surface area contributed by atoms with Crippen molar-refractivity contribution in [3.8, 4) is 0 Å². The van der Waals surface area contributed by atoms with Crippen LogP contribution in [0.2, 0.25) is 0 Å². The SMILES string of the molecule is CCCCCCCCC(F)[C@H](O)CC(=O)CC(O)[C@@H](F)CCCCCCCC. The van der Waals surface area contributed by atoms with Gasteiger partial charge in [-0.05, 0) is 12.8 Å². The van der Waals surface area contributed by atoms with Crippen LogP contribution in [0.15, 0.2) is 0 Å². The number of rotatable bonds is 20. The molecule has 0 aromatic rings. The van der Waals surface area contributed by atoms with Gasteiger partial charge >= 0.3 is 0 Å². The van der Waals surface area contributed by atoms with Crippen molar-refractivity contribution in [1.82, 2.24) is 0 Å². The minimum absolute atomic E-state index is 0.243. The Morgan fingerprint density at radius 2 is 0.964 bits per heavy atom. The number of unbranched alkanes of at least 4 members (excludes halogenated alkanes) is 10. The topological polar surface area (TPSA) is 57.5 Å². The maximum absolute atomic E-state index is 14.0. The first-order valence-electron chi connectivity index (χ1n) is 11.6. The van der Waals surface area contributed by atoms with Gasteiger partial charge in [-0.25, -0.2) is 8.78 Å². The molecule has 4 atom stereocenters. The van der Waals surface area contributed by atoms with Gasteiger partial charge in [-0.1, -0.05) is 90.9 Å². The Kier molecular flexibility index (Phi) is 18.1. The second kappa shape index (κ2) is 18.5. The maximum atomic E-state index is 14.0. The van der Waals surface area contributed by atoms with Crippen molar-refractivity contribution in [1.29, 1.82) is 0 Å². The number of alkyl halides is 2. The largest absolute Gasteiger partial charge is 0.390 e. The number of aliphatic hydroxyl groups is 2. The number of hydrogen-bond donors (Lipinski definition) is 2. The molecule has 0 aromatic carbocycles. The Morgan fingerprint density at radius 1 is 0.643 bits per heavy atom. The number of Topliss-reactive ketones (excluding diaryl/α,β-unsaturated/α-hetero) is 1. The molecule has 0 aromatic heterocycles. The molecule has 0 aliphatic heterocycles. The highest BCUT2D eigenvalue weighted by atomic mass is 19.1. The number of carbonyl (C=O) groups is 1. The zero-order chi connectivity index (χ0) is 21.2. The number of hydrogen-bond acceptors (Lipinski definition) is 3. The van der Waals surface area contributed by atoms with Crippen LogP contribution in [-0.2, 0) is 4.79 Å². The van der Waals surface area contributed by atoms with Crippen LogP contribution in [0.25, 0.3) is 0 Å². The zero-order valence-corrected chi connectivity index (χ0v) is 18.2. The third-order valence-corrected chi connectivity index (χ3v) is 5.38. The first-order valence-corrected chi connectivity index (χ1v) is 11.6. The fraction of sp³-hybridized carbons (Fsp3) is 0.957. The molecule has 0 bridgehead atoms. The van der Waals surface area contributed by atoms with Crippen LogP contribution in [0, 0.1) is 0 Å². The lowest BCUT2D eigenvalue weighted by molar-refractivity contribution is -0.124. The molecule has 0 saturated carbocycles. The Balaban J connectivity index is 3.87. The molecule has 0 fully saturated rings. The van der Waals surface area contributed by atoms with Gasteiger partial charge in [0.05, 0.1) is 12.2 Å². The average Bonchev–Trinajstić information content (AvgIpc) is 2.66. The van der Waals surface area contributed by atoms with E-state index in [0.717, 1.165) is 51.4 Å². The van der Waals surface area contributed by atoms with E-state index in [9.17, 15) is 23.8 Å². The van der Waals surface area contributed by atoms with Gasteiger partial charge in [0.1, 0.15) is 18.1 Å². The third kappa shape index (κ3) is 15.4. The monoisotopic (exact) mass is 406 g/mol. The molecule has 3 nitrogen and oxygen atoms in total. The highest BCUT2D eigenvalue weighted by Gasteiger charge is 2.25. The minimum Gasteiger partial charge on any atom is -0.390 e. The van der Waals surface area contributed by atoms with E-state index in [1.54, 1.807) is 0 Å². The van der Waals surface area contributed by atoms with Gasteiger partial charge in [-0.2, -0.15) is 0 Å². The molecule has 5 heteroatoms. The molecular formula is C23H44F2O3. The predicted octanol–water partition coefficient (Wildman–Crippen LogP) is 6.23. The number of aliphatic hydroxyl groups excluding tert-OH is 2. The summed E-state index contributed by atoms with van der Waals surface area (Å²) in [6.45, 7) is 4.28. The van der Waals surface area contributed by atoms with Crippen LogP contribution in [0.5, 0.6) is 0 Å². The molecule has 0 saturated heterocycles. The van der Waals surface area contributed by atoms with Gasteiger partial charge in [0.15, 0.2) is 0 Å². The summed E-state index contributed by atoms with van der Waals surface area (Å²) in [6.07, 6.45) is 6.61. The quantitative estimate of drug-likeness (QED) is 0.235. The Hall–Kier alpha value is -0.550. The summed E-state index contributed by atoms with van der Waals surface area (Å²) in [6, 6.07) is 0. The molecule has 2 N–H and O–H groups in total. The molecule has 28 heavy (non-hydrogen) atoms. The number of ketones is 1. The second-order valence-corrected chi connectivity index (χ2v) is 8.23. The van der Waals surface area contributed by atoms with Gasteiger partial charge < -0.3 is 10.2 Å². The molecule has 0 aliphatic rings. The molecule has 0 amide bonds. The lowest BCUT2D eigenvalue weighted by Crippen LogP contribution is -2.29. The Morgan fingerprint density at radius 3 is 1.32 bits per heavy atom. The van der Waals surface area contributed by atoms with Crippen LogP contribution in [0.1, 0.15) is 117 Å². The van der Waals surface area contributed by atoms with Crippen molar-refractivity contribution >= 4 is 5.78 Å². The highest BCUT2D eigenvalue weighted by molar-refractivity contribution is 5.79. The lowest BCUT2D eigenvalue weighted by Gasteiger charge is -2.18. The minimum atomic E-state index is -1.43. The van der Waals surface area contributed by atoms with Crippen molar-refractivity contribution in [3.05, 3.63) is 0 Å². The summed E-state index contributed by atoms with van der Waals surface area (Å²) in [4.78, 5) is 11.9. The van der Waals surface area contributed by atoms with Crippen LogP contribution in [0.3, 0.4) is 0 Å². The van der Waals surface area contributed by atoms with E-state index in [0.29, 0.717) is 12.8 Å². The van der Waals surface area contributed by atoms with Gasteiger partial charge in [0, 0.05) is 12.8 Å². The van der Waals surface area contributed by atoms with Crippen molar-refractivity contribution in [2.75, 3.05) is 0 Å². The van der Waals surface area contributed by atoms with Crippen LogP contribution >= 0.6 is 0 Å². The Labute approximate surface area is 171 Å². The van der Waals surface area contributed by atoms with Crippen LogP contribution in [0.4, 0.5) is 8.78 Å². The van der Waals surface area contributed by atoms with Crippen molar-refractivity contribution in [2.45, 2.75) is 141 Å². The smallest absolute Gasteiger partial charge is 0.138 e. The molecule has 0 aliphatic carbocycles. The fourth-order valence-electron chi connectivity index (χ4n) is 3.43. The van der Waals surface area contributed by atoms with E-state index < -0.39 is 30.3 Å². The van der Waals surface area contributed by atoms with E-state index in [4.69, 9.17) is 0 Å². The van der Waals surface area contributed by atoms with E-state index in [1.165, 1.54) is 12.8 Å². The van der Waals surface area contributed by atoms with E-state index in [-0.39, 0.29) is 25.7 Å². The zero-order valence-electron chi connectivity index (χ0n) is 18.2. The van der Waals surface area contributed by atoms with Gasteiger partial charge in [0.25, 0.3) is 0 Å². The van der Waals surface area contributed by atoms with E-state index in [2.05, 4.69) is 13.8 Å². The third-order valence-electron chi connectivity index (χ3n) is 5.38. The normalized spacial score (nSPS) is 15.9. The standard InChI is InChI=1S/C23H44F2O3/c1-3-5-7-9-11-13-15-20(24)22(27)17-19(26)18-23(28)21(25)16-14-12-10-8-6-4-2/h20-23,27-28H,3-18H2,1-2H3/t20-,21?,22?,23+/m0/s1. The van der Waals surface area contributed by atoms with Crippen molar-refractivity contribution < 1.29 is 23.8 Å². The summed E-state index contributed by atoms with van der Waals surface area (Å²) in [5, 5.41) is 19.7. The maximum Gasteiger partial charge on any atom is 0.138 e. The molecule has 0 radical (unpaired) electrons. The number of carbonyl (C=O) groups excluding carboxylic acids is 1. The highest BCUT2D eigenvalue weighted by Crippen LogP contribution is 2.18. The van der Waals surface area contributed by atoms with Crippen molar-refractivity contribution in [2.24, 2.45) is 0 Å². The molecule has 0 heterocycles. The first-order chi connectivity index (χ1) is 13.4. The van der Waals surface area contributed by atoms with E-state index in [1.807, 2.05) is 0 Å². The predicted molar refractivity (Wildman–Crippen MR) is 112 cm³/mol. The van der Waals surface area contributed by atoms with Gasteiger partial charge in [-0.3, -0.25) is 4.79 Å². The fourth-order valence-corrected chi connectivity index (χ4v) is 3.43. The summed E-state index contributed by atoms with van der Waals surface area (Å²) in [5.74, 6) is -0.476. The lowest BCUT2D eigenvalue weighted by atomic mass is 9.97. The summed E-state index contributed by atoms with van der Waals surface area (Å²) < 4.78 is 28.0. The molecule has 2 unspecified atom stereocenters. The molecule has 0 spiro atoms. The van der Waals surface area contributed by atoms with E-state index >= 15 is 0 Å². The summed E-state index contributed by atoms with van der Waals surface area (Å²) >= 11 is 0.